The molecule has 0 bridgehead atoms. The molecule has 3 rings (SSSR count). The Kier molecular flexibility index (Phi) is 8.38. The molecule has 0 atom stereocenters. The Labute approximate surface area is 230 Å². The monoisotopic (exact) mass is 660 g/mol. The second-order valence-corrected chi connectivity index (χ2v) is 13.0. The van der Waals surface area contributed by atoms with Crippen molar-refractivity contribution in [3.05, 3.63) is 82.9 Å². The van der Waals surface area contributed by atoms with Crippen LogP contribution in [0.1, 0.15) is 22.3 Å². The van der Waals surface area contributed by atoms with Gasteiger partial charge in [0.2, 0.25) is 0 Å². The molecule has 0 saturated carbocycles. The maximum atomic E-state index is 13.3. The molecule has 0 amide bonds. The molecule has 0 radical (unpaired) electrons. The molecular formula is C23H16F12N2O3S2. The zero-order chi connectivity index (χ0) is 32.1. The third-order valence-corrected chi connectivity index (χ3v) is 8.72. The van der Waals surface area contributed by atoms with E-state index in [1.807, 2.05) is 4.72 Å². The van der Waals surface area contributed by atoms with Gasteiger partial charge in [-0.25, -0.2) is 8.42 Å². The van der Waals surface area contributed by atoms with E-state index in [1.54, 1.807) is 4.72 Å². The van der Waals surface area contributed by atoms with Gasteiger partial charge in [-0.3, -0.25) is 8.93 Å². The highest BCUT2D eigenvalue weighted by atomic mass is 32.3. The predicted octanol–water partition coefficient (Wildman–Crippen LogP) is 7.60. The van der Waals surface area contributed by atoms with Crippen LogP contribution in [0.4, 0.5) is 64.1 Å². The summed E-state index contributed by atoms with van der Waals surface area (Å²) in [5, 5.41) is 0. The standard InChI is InChI=1S/C23H16F12N2O3S2/c1-41(38,36-16-7-12(20(24,25)26)5-13(8-16)21(27,28)29)18-3-2-4-19(11-18)42(39,40)37-17-9-14(22(30,31)32)6-15(10-17)23(33,34)35/h2-11,37,41H,1H3,(H,36,38). The van der Waals surface area contributed by atoms with Gasteiger partial charge in [-0.2, -0.15) is 52.7 Å². The Bertz CT molecular complexity index is 1580. The summed E-state index contributed by atoms with van der Waals surface area (Å²) in [6.45, 7) is 0. The van der Waals surface area contributed by atoms with Crippen LogP contribution in [-0.2, 0) is 44.8 Å². The first kappa shape index (κ1) is 33.0. The lowest BCUT2D eigenvalue weighted by molar-refractivity contribution is -0.144. The summed E-state index contributed by atoms with van der Waals surface area (Å²) in [4.78, 5) is -1.33. The number of halogens is 12. The van der Waals surface area contributed by atoms with Crippen LogP contribution in [0.25, 0.3) is 0 Å². The summed E-state index contributed by atoms with van der Waals surface area (Å²) in [5.74, 6) is 0. The number of hydrogen-bond donors (Lipinski definition) is 3. The van der Waals surface area contributed by atoms with Gasteiger partial charge in [0.1, 0.15) is 0 Å². The molecule has 42 heavy (non-hydrogen) atoms. The van der Waals surface area contributed by atoms with Gasteiger partial charge in [-0.05, 0) is 64.7 Å². The fraction of sp³-hybridized carbons (Fsp3) is 0.217. The van der Waals surface area contributed by atoms with Crippen LogP contribution in [0.5, 0.6) is 0 Å². The molecule has 0 aromatic heterocycles. The molecule has 0 saturated heterocycles. The van der Waals surface area contributed by atoms with Gasteiger partial charge in [0.05, 0.1) is 32.8 Å². The summed E-state index contributed by atoms with van der Waals surface area (Å²) >= 11 is 0. The van der Waals surface area contributed by atoms with E-state index >= 15 is 0 Å². The van der Waals surface area contributed by atoms with Crippen LogP contribution >= 0.6 is 0 Å². The average Bonchev–Trinajstić information content (AvgIpc) is 2.81. The SMILES string of the molecule is C[SH](=O)(Nc1cc(C(F)(F)F)cc(C(F)(F)F)c1)c1cccc(S(=O)(=O)Nc2cc(C(F)(F)F)cc(C(F)(F)F)c2)c1. The first-order valence-electron chi connectivity index (χ1n) is 10.9. The predicted molar refractivity (Wildman–Crippen MR) is 127 cm³/mol. The highest BCUT2D eigenvalue weighted by molar-refractivity contribution is 8.03. The molecule has 0 fully saturated rings. The van der Waals surface area contributed by atoms with Crippen molar-refractivity contribution in [2.45, 2.75) is 34.5 Å². The summed E-state index contributed by atoms with van der Waals surface area (Å²) < 4.78 is 200. The van der Waals surface area contributed by atoms with Crippen LogP contribution in [0.3, 0.4) is 0 Å². The molecule has 232 valence electrons. The molecule has 0 heterocycles. The van der Waals surface area contributed by atoms with Crippen molar-refractivity contribution in [2.75, 3.05) is 15.7 Å². The molecule has 0 spiro atoms. The second-order valence-electron chi connectivity index (χ2n) is 8.73. The van der Waals surface area contributed by atoms with Gasteiger partial charge in [-0.1, -0.05) is 6.07 Å². The molecule has 0 aliphatic heterocycles. The van der Waals surface area contributed by atoms with Crippen LogP contribution in [0.2, 0.25) is 0 Å². The normalized spacial score (nSPS) is 14.0. The fourth-order valence-electron chi connectivity index (χ4n) is 3.47. The van der Waals surface area contributed by atoms with E-state index in [2.05, 4.69) is 0 Å². The Morgan fingerprint density at radius 3 is 1.36 bits per heavy atom. The highest BCUT2D eigenvalue weighted by Crippen LogP contribution is 2.40. The Balaban J connectivity index is 2.01. The lowest BCUT2D eigenvalue weighted by atomic mass is 10.1. The summed E-state index contributed by atoms with van der Waals surface area (Å²) in [5.41, 5.74) is -9.16. The third-order valence-electron chi connectivity index (χ3n) is 5.39. The number of anilines is 2. The molecular weight excluding hydrogens is 644 g/mol. The van der Waals surface area contributed by atoms with Crippen molar-refractivity contribution in [1.29, 1.82) is 0 Å². The van der Waals surface area contributed by atoms with Crippen LogP contribution in [0, 0.1) is 0 Å². The van der Waals surface area contributed by atoms with Crippen molar-refractivity contribution in [2.24, 2.45) is 0 Å². The van der Waals surface area contributed by atoms with E-state index in [0.717, 1.165) is 24.5 Å². The molecule has 19 heteroatoms. The number of hydrogen-bond acceptors (Lipinski definition) is 3. The van der Waals surface area contributed by atoms with E-state index < -0.39 is 88.3 Å². The van der Waals surface area contributed by atoms with Crippen molar-refractivity contribution < 1.29 is 65.3 Å². The molecule has 2 N–H and O–H groups in total. The number of thiol groups is 1. The number of nitrogens with one attached hydrogen (secondary N) is 2. The molecule has 5 nitrogen and oxygen atoms in total. The van der Waals surface area contributed by atoms with Crippen LogP contribution in [0.15, 0.2) is 70.5 Å². The van der Waals surface area contributed by atoms with Crippen molar-refractivity contribution in [1.82, 2.24) is 0 Å². The lowest BCUT2D eigenvalue weighted by Gasteiger charge is -2.24. The van der Waals surface area contributed by atoms with Gasteiger partial charge in [0.25, 0.3) is 10.0 Å². The van der Waals surface area contributed by atoms with E-state index in [9.17, 15) is 65.3 Å². The van der Waals surface area contributed by atoms with Crippen molar-refractivity contribution in [3.8, 4) is 0 Å². The Morgan fingerprint density at radius 1 is 0.595 bits per heavy atom. The molecule has 3 aromatic rings. The zero-order valence-corrected chi connectivity index (χ0v) is 22.1. The minimum absolute atomic E-state index is 0.0920. The van der Waals surface area contributed by atoms with E-state index in [1.165, 1.54) is 0 Å². The fourth-order valence-corrected chi connectivity index (χ4v) is 6.15. The Morgan fingerprint density at radius 2 is 0.976 bits per heavy atom. The summed E-state index contributed by atoms with van der Waals surface area (Å²) in [6, 6.07) is 3.59. The van der Waals surface area contributed by atoms with Crippen molar-refractivity contribution >= 4 is 31.5 Å². The minimum atomic E-state index is -5.29. The van der Waals surface area contributed by atoms with Gasteiger partial charge in [-0.15, -0.1) is 0 Å². The zero-order valence-electron chi connectivity index (χ0n) is 20.4. The summed E-state index contributed by atoms with van der Waals surface area (Å²) in [6.07, 6.45) is -20.2. The first-order valence-corrected chi connectivity index (χ1v) is 14.5. The number of rotatable bonds is 6. The number of alkyl halides is 12. The Hall–Kier alpha value is -3.48. The number of sulfonamides is 1. The highest BCUT2D eigenvalue weighted by Gasteiger charge is 2.38. The maximum Gasteiger partial charge on any atom is 0.416 e. The van der Waals surface area contributed by atoms with Gasteiger partial charge < -0.3 is 4.72 Å². The topological polar surface area (TPSA) is 75.3 Å². The molecule has 0 aliphatic rings. The van der Waals surface area contributed by atoms with Crippen molar-refractivity contribution in [3.63, 3.8) is 0 Å². The molecule has 3 aromatic carbocycles. The van der Waals surface area contributed by atoms with Crippen LogP contribution in [-0.4, -0.2) is 18.9 Å². The molecule has 0 aliphatic carbocycles. The smallest absolute Gasteiger partial charge is 0.323 e. The largest absolute Gasteiger partial charge is 0.416 e. The number of benzene rings is 3. The maximum absolute atomic E-state index is 13.3. The van der Waals surface area contributed by atoms with Gasteiger partial charge >= 0.3 is 24.7 Å². The molecule has 0 unspecified atom stereocenters. The van der Waals surface area contributed by atoms with Gasteiger partial charge in [0.15, 0.2) is 0 Å². The average molecular weight is 661 g/mol. The lowest BCUT2D eigenvalue weighted by Crippen LogP contribution is -2.23. The van der Waals surface area contributed by atoms with Crippen LogP contribution < -0.4 is 9.44 Å². The van der Waals surface area contributed by atoms with E-state index in [-0.39, 0.29) is 36.4 Å². The van der Waals surface area contributed by atoms with E-state index in [4.69, 9.17) is 0 Å². The second kappa shape index (κ2) is 10.7. The van der Waals surface area contributed by atoms with Gasteiger partial charge in [0, 0.05) is 16.8 Å². The quantitative estimate of drug-likeness (QED) is 0.189. The first-order chi connectivity index (χ1) is 18.8. The summed E-state index contributed by atoms with van der Waals surface area (Å²) in [7, 11) is -9.20. The third kappa shape index (κ3) is 7.87. The van der Waals surface area contributed by atoms with E-state index in [0.29, 0.717) is 6.07 Å². The minimum Gasteiger partial charge on any atom is -0.323 e.